The van der Waals surface area contributed by atoms with Gasteiger partial charge in [0.25, 0.3) is 0 Å². The molecular weight excluding hydrogens is 512 g/mol. The molecule has 9 rings (SSSR count). The summed E-state index contributed by atoms with van der Waals surface area (Å²) >= 11 is 0. The van der Waals surface area contributed by atoms with Gasteiger partial charge >= 0.3 is 0 Å². The Labute approximate surface area is 258 Å². The standard InChI is InChI=1S/C40H64O2/c1-34(2)15-7-17-36(5)29(34)13-19-38-21-26(9-11-31(36)38)28(23-38)33-41-25-40(42-33)24-39-20-14-30-35(3,4)16-8-18-37(30,6)32(39)12-10-27(40)22-39/h26-33H,7-25H2,1-6H3/t26-,27-,28-,29-,30-,31+,32+,33+,36-,37-,38+,39+,40+/m1/s1. The van der Waals surface area contributed by atoms with E-state index in [0.29, 0.717) is 38.4 Å². The molecule has 3 spiro atoms. The summed E-state index contributed by atoms with van der Waals surface area (Å²) in [5.74, 6) is 5.98. The molecule has 9 aliphatic rings. The second kappa shape index (κ2) is 8.63. The summed E-state index contributed by atoms with van der Waals surface area (Å²) in [6.07, 6.45) is 26.3. The van der Waals surface area contributed by atoms with E-state index in [2.05, 4.69) is 41.5 Å². The van der Waals surface area contributed by atoms with Crippen molar-refractivity contribution in [3.05, 3.63) is 0 Å². The Morgan fingerprint density at radius 1 is 0.548 bits per heavy atom. The molecule has 0 aromatic rings. The van der Waals surface area contributed by atoms with Crippen LogP contribution in [0.2, 0.25) is 0 Å². The summed E-state index contributed by atoms with van der Waals surface area (Å²) in [5.41, 5.74) is 3.35. The van der Waals surface area contributed by atoms with Gasteiger partial charge in [0, 0.05) is 5.92 Å². The van der Waals surface area contributed by atoms with Gasteiger partial charge in [0.1, 0.15) is 0 Å². The zero-order chi connectivity index (χ0) is 29.0. The van der Waals surface area contributed by atoms with Crippen LogP contribution in [0.4, 0.5) is 0 Å². The van der Waals surface area contributed by atoms with Crippen LogP contribution in [0, 0.1) is 73.9 Å². The van der Waals surface area contributed by atoms with Crippen molar-refractivity contribution < 1.29 is 9.47 Å². The van der Waals surface area contributed by atoms with Crippen molar-refractivity contribution in [2.24, 2.45) is 73.9 Å². The van der Waals surface area contributed by atoms with Crippen LogP contribution in [0.1, 0.15) is 157 Å². The molecular formula is C40H64O2. The molecule has 0 N–H and O–H groups in total. The van der Waals surface area contributed by atoms with E-state index in [1.54, 1.807) is 0 Å². The van der Waals surface area contributed by atoms with Gasteiger partial charge in [0.15, 0.2) is 6.29 Å². The average Bonchev–Trinajstić information content (AvgIpc) is 3.52. The molecule has 13 atom stereocenters. The van der Waals surface area contributed by atoms with E-state index in [1.165, 1.54) is 116 Å². The molecule has 2 nitrogen and oxygen atoms in total. The van der Waals surface area contributed by atoms with Crippen molar-refractivity contribution in [2.75, 3.05) is 6.61 Å². The lowest BCUT2D eigenvalue weighted by atomic mass is 9.41. The lowest BCUT2D eigenvalue weighted by Crippen LogP contribution is -2.55. The first-order valence-electron chi connectivity index (χ1n) is 19.1. The van der Waals surface area contributed by atoms with Gasteiger partial charge in [-0.3, -0.25) is 0 Å². The Morgan fingerprint density at radius 3 is 1.86 bits per heavy atom. The van der Waals surface area contributed by atoms with Gasteiger partial charge in [-0.05, 0) is 171 Å². The van der Waals surface area contributed by atoms with E-state index in [-0.39, 0.29) is 11.9 Å². The molecule has 8 saturated carbocycles. The van der Waals surface area contributed by atoms with Gasteiger partial charge in [0.2, 0.25) is 0 Å². The Morgan fingerprint density at radius 2 is 1.17 bits per heavy atom. The molecule has 0 radical (unpaired) electrons. The fraction of sp³-hybridized carbons (Fsp3) is 1.00. The third-order valence-corrected chi connectivity index (χ3v) is 18.3. The molecule has 1 aliphatic heterocycles. The first-order chi connectivity index (χ1) is 19.9. The smallest absolute Gasteiger partial charge is 0.161 e. The maximum atomic E-state index is 7.49. The first kappa shape index (κ1) is 28.2. The van der Waals surface area contributed by atoms with Crippen LogP contribution in [-0.4, -0.2) is 18.5 Å². The Balaban J connectivity index is 0.952. The van der Waals surface area contributed by atoms with Crippen molar-refractivity contribution in [2.45, 2.75) is 169 Å². The highest BCUT2D eigenvalue weighted by Crippen LogP contribution is 2.76. The summed E-state index contributed by atoms with van der Waals surface area (Å²) in [6, 6.07) is 0. The molecule has 1 heterocycles. The SMILES string of the molecule is CC1(C)CCC[C@]2(C)[C@@H]1CC[C@@]13C[C@@H](CC[C@H]12)[C@H]([C@H]1OC[C@]2(C[C@@]45CC[C@@H]6C(C)(C)CCC[C@@]6(C)[C@@H]4CC[C@@H]2C5)O1)C3. The lowest BCUT2D eigenvalue weighted by molar-refractivity contribution is -0.151. The quantitative estimate of drug-likeness (QED) is 0.309. The zero-order valence-corrected chi connectivity index (χ0v) is 28.4. The summed E-state index contributed by atoms with van der Waals surface area (Å²) in [6.45, 7) is 16.9. The molecule has 0 amide bonds. The first-order valence-corrected chi connectivity index (χ1v) is 19.1. The number of hydrogen-bond donors (Lipinski definition) is 0. The van der Waals surface area contributed by atoms with E-state index in [0.717, 1.165) is 42.1 Å². The van der Waals surface area contributed by atoms with E-state index in [4.69, 9.17) is 9.47 Å². The maximum absolute atomic E-state index is 7.49. The minimum absolute atomic E-state index is 0.0393. The van der Waals surface area contributed by atoms with Gasteiger partial charge in [-0.2, -0.15) is 0 Å². The number of fused-ring (bicyclic) bond motifs is 7. The molecule has 236 valence electrons. The zero-order valence-electron chi connectivity index (χ0n) is 28.4. The Hall–Kier alpha value is -0.0800. The highest BCUT2D eigenvalue weighted by Gasteiger charge is 2.71. The summed E-state index contributed by atoms with van der Waals surface area (Å²) in [5, 5.41) is 0. The van der Waals surface area contributed by atoms with Crippen LogP contribution < -0.4 is 0 Å². The molecule has 42 heavy (non-hydrogen) atoms. The summed E-state index contributed by atoms with van der Waals surface area (Å²) in [7, 11) is 0. The predicted octanol–water partition coefficient (Wildman–Crippen LogP) is 10.6. The van der Waals surface area contributed by atoms with Crippen molar-refractivity contribution in [1.82, 2.24) is 0 Å². The molecule has 2 heteroatoms. The fourth-order valence-electron chi connectivity index (χ4n) is 17.1. The number of ether oxygens (including phenoxy) is 2. The van der Waals surface area contributed by atoms with E-state index < -0.39 is 0 Å². The van der Waals surface area contributed by atoms with Crippen LogP contribution >= 0.6 is 0 Å². The fourth-order valence-corrected chi connectivity index (χ4v) is 17.1. The molecule has 9 fully saturated rings. The van der Waals surface area contributed by atoms with E-state index >= 15 is 0 Å². The monoisotopic (exact) mass is 576 g/mol. The van der Waals surface area contributed by atoms with Gasteiger partial charge in [-0.15, -0.1) is 0 Å². The molecule has 0 unspecified atom stereocenters. The van der Waals surface area contributed by atoms with E-state index in [9.17, 15) is 0 Å². The van der Waals surface area contributed by atoms with E-state index in [1.807, 2.05) is 0 Å². The van der Waals surface area contributed by atoms with Crippen LogP contribution in [-0.2, 0) is 9.47 Å². The second-order valence-electron chi connectivity index (χ2n) is 20.6. The summed E-state index contributed by atoms with van der Waals surface area (Å²) in [4.78, 5) is 0. The Bertz CT molecular complexity index is 1120. The minimum Gasteiger partial charge on any atom is -0.349 e. The third kappa shape index (κ3) is 3.47. The molecule has 0 aromatic heterocycles. The highest BCUT2D eigenvalue weighted by atomic mass is 16.7. The molecule has 4 bridgehead atoms. The van der Waals surface area contributed by atoms with Crippen molar-refractivity contribution in [3.8, 4) is 0 Å². The minimum atomic E-state index is 0.0393. The van der Waals surface area contributed by atoms with Crippen molar-refractivity contribution in [3.63, 3.8) is 0 Å². The van der Waals surface area contributed by atoms with Crippen molar-refractivity contribution >= 4 is 0 Å². The highest BCUT2D eigenvalue weighted by molar-refractivity contribution is 5.19. The van der Waals surface area contributed by atoms with Gasteiger partial charge in [0.05, 0.1) is 12.2 Å². The summed E-state index contributed by atoms with van der Waals surface area (Å²) < 4.78 is 14.4. The normalized spacial score (nSPS) is 60.4. The lowest BCUT2D eigenvalue weighted by Gasteiger charge is -2.64. The van der Waals surface area contributed by atoms with Crippen LogP contribution in [0.5, 0.6) is 0 Å². The third-order valence-electron chi connectivity index (χ3n) is 18.3. The maximum Gasteiger partial charge on any atom is 0.161 e. The topological polar surface area (TPSA) is 18.5 Å². The second-order valence-corrected chi connectivity index (χ2v) is 20.6. The predicted molar refractivity (Wildman–Crippen MR) is 170 cm³/mol. The molecule has 0 aromatic carbocycles. The number of rotatable bonds is 1. The van der Waals surface area contributed by atoms with Gasteiger partial charge < -0.3 is 9.47 Å². The van der Waals surface area contributed by atoms with Crippen molar-refractivity contribution in [1.29, 1.82) is 0 Å². The van der Waals surface area contributed by atoms with Crippen LogP contribution in [0.3, 0.4) is 0 Å². The number of hydrogen-bond acceptors (Lipinski definition) is 2. The van der Waals surface area contributed by atoms with Crippen LogP contribution in [0.15, 0.2) is 0 Å². The average molecular weight is 577 g/mol. The largest absolute Gasteiger partial charge is 0.349 e. The molecule has 8 aliphatic carbocycles. The van der Waals surface area contributed by atoms with Crippen LogP contribution in [0.25, 0.3) is 0 Å². The molecule has 1 saturated heterocycles. The van der Waals surface area contributed by atoms with Gasteiger partial charge in [-0.25, -0.2) is 0 Å². The Kier molecular flexibility index (Phi) is 5.79. The van der Waals surface area contributed by atoms with Gasteiger partial charge in [-0.1, -0.05) is 54.4 Å².